The highest BCUT2D eigenvalue weighted by molar-refractivity contribution is 9.09. The van der Waals surface area contributed by atoms with Gasteiger partial charge in [0.05, 0.1) is 18.0 Å². The van der Waals surface area contributed by atoms with E-state index < -0.39 is 0 Å². The van der Waals surface area contributed by atoms with Crippen LogP contribution in [0, 0.1) is 0 Å². The van der Waals surface area contributed by atoms with Crippen LogP contribution in [0.15, 0.2) is 42.5 Å². The molecule has 21 heavy (non-hydrogen) atoms. The van der Waals surface area contributed by atoms with Gasteiger partial charge in [-0.2, -0.15) is 0 Å². The molecule has 0 N–H and O–H groups in total. The third-order valence-electron chi connectivity index (χ3n) is 3.00. The van der Waals surface area contributed by atoms with Crippen LogP contribution in [0.4, 0.5) is 0 Å². The lowest BCUT2D eigenvalue weighted by molar-refractivity contribution is 0.242. The van der Waals surface area contributed by atoms with E-state index >= 15 is 0 Å². The fraction of sp³-hybridized carbons (Fsp3) is 0.294. The molecule has 1 atom stereocenters. The summed E-state index contributed by atoms with van der Waals surface area (Å²) in [4.78, 5) is 0.00613. The molecule has 0 aliphatic carbocycles. The van der Waals surface area contributed by atoms with Gasteiger partial charge in [0.2, 0.25) is 0 Å². The maximum Gasteiger partial charge on any atom is 0.120 e. The maximum atomic E-state index is 6.34. The quantitative estimate of drug-likeness (QED) is 0.637. The van der Waals surface area contributed by atoms with Crippen molar-refractivity contribution < 1.29 is 9.47 Å². The summed E-state index contributed by atoms with van der Waals surface area (Å²) in [5.74, 6) is 1.61. The van der Waals surface area contributed by atoms with Crippen molar-refractivity contribution in [3.8, 4) is 11.5 Å². The minimum atomic E-state index is 0.00613. The van der Waals surface area contributed by atoms with Crippen LogP contribution >= 0.6 is 27.5 Å². The Bertz CT molecular complexity index is 613. The van der Waals surface area contributed by atoms with Gasteiger partial charge in [0.25, 0.3) is 0 Å². The Morgan fingerprint density at radius 3 is 2.43 bits per heavy atom. The third-order valence-corrected chi connectivity index (χ3v) is 4.35. The molecule has 0 saturated carbocycles. The monoisotopic (exact) mass is 368 g/mol. The lowest BCUT2D eigenvalue weighted by Crippen LogP contribution is -2.06. The van der Waals surface area contributed by atoms with Crippen molar-refractivity contribution in [2.75, 3.05) is 7.11 Å². The molecule has 2 aromatic carbocycles. The van der Waals surface area contributed by atoms with Gasteiger partial charge in [-0.05, 0) is 49.2 Å². The minimum Gasteiger partial charge on any atom is -0.497 e. The summed E-state index contributed by atoms with van der Waals surface area (Å²) in [5, 5.41) is 0.673. The summed E-state index contributed by atoms with van der Waals surface area (Å²) >= 11 is 10.0. The number of ether oxygens (including phenoxy) is 2. The van der Waals surface area contributed by atoms with Crippen LogP contribution < -0.4 is 9.47 Å². The minimum absolute atomic E-state index is 0.00613. The summed E-state index contributed by atoms with van der Waals surface area (Å²) in [6.07, 6.45) is 0.151. The molecule has 0 fully saturated rings. The number of methoxy groups -OCH3 is 1. The molecular formula is C17H18BrClO2. The molecule has 0 saturated heterocycles. The molecule has 2 aromatic rings. The molecular weight excluding hydrogens is 352 g/mol. The Hall–Kier alpha value is -1.19. The van der Waals surface area contributed by atoms with Crippen molar-refractivity contribution in [2.24, 2.45) is 0 Å². The van der Waals surface area contributed by atoms with Crippen molar-refractivity contribution in [1.82, 2.24) is 0 Å². The van der Waals surface area contributed by atoms with Crippen LogP contribution in [0.1, 0.15) is 29.8 Å². The molecule has 0 heterocycles. The highest BCUT2D eigenvalue weighted by Crippen LogP contribution is 2.37. The Morgan fingerprint density at radius 1 is 1.05 bits per heavy atom. The maximum absolute atomic E-state index is 6.34. The molecule has 4 heteroatoms. The number of hydrogen-bond acceptors (Lipinski definition) is 2. The standard InChI is InChI=1S/C17H18BrClO2/c1-11(2)21-14-6-4-5-12(9-14)17(18)15-8-7-13(20-3)10-16(15)19/h4-11,17H,1-3H3. The number of rotatable bonds is 5. The molecule has 0 bridgehead atoms. The lowest BCUT2D eigenvalue weighted by atomic mass is 10.0. The van der Waals surface area contributed by atoms with E-state index in [2.05, 4.69) is 15.9 Å². The van der Waals surface area contributed by atoms with Crippen molar-refractivity contribution in [3.05, 3.63) is 58.6 Å². The summed E-state index contributed by atoms with van der Waals surface area (Å²) in [5.41, 5.74) is 2.10. The first-order chi connectivity index (χ1) is 10.0. The van der Waals surface area contributed by atoms with Crippen LogP contribution in [0.3, 0.4) is 0 Å². The van der Waals surface area contributed by atoms with Gasteiger partial charge in [-0.15, -0.1) is 0 Å². The van der Waals surface area contributed by atoms with Crippen molar-refractivity contribution in [2.45, 2.75) is 24.8 Å². The molecule has 0 aliphatic rings. The molecule has 0 spiro atoms. The fourth-order valence-corrected chi connectivity index (χ4v) is 3.13. The van der Waals surface area contributed by atoms with Crippen molar-refractivity contribution in [3.63, 3.8) is 0 Å². The van der Waals surface area contributed by atoms with Crippen LogP contribution in [-0.4, -0.2) is 13.2 Å². The Kier molecular flexibility index (Phi) is 5.54. The second-order valence-corrected chi connectivity index (χ2v) is 6.31. The lowest BCUT2D eigenvalue weighted by Gasteiger charge is -2.16. The van der Waals surface area contributed by atoms with Crippen molar-refractivity contribution in [1.29, 1.82) is 0 Å². The molecule has 2 rings (SSSR count). The van der Waals surface area contributed by atoms with Crippen LogP contribution in [0.25, 0.3) is 0 Å². The number of alkyl halides is 1. The van der Waals surface area contributed by atoms with Gasteiger partial charge in [0.1, 0.15) is 11.5 Å². The third kappa shape index (κ3) is 4.14. The van der Waals surface area contributed by atoms with Crippen LogP contribution in [-0.2, 0) is 0 Å². The average Bonchev–Trinajstić information content (AvgIpc) is 2.46. The zero-order chi connectivity index (χ0) is 15.4. The zero-order valence-electron chi connectivity index (χ0n) is 12.3. The van der Waals surface area contributed by atoms with Gasteiger partial charge >= 0.3 is 0 Å². The van der Waals surface area contributed by atoms with E-state index in [-0.39, 0.29) is 10.9 Å². The van der Waals surface area contributed by atoms with Gasteiger partial charge in [0, 0.05) is 5.02 Å². The molecule has 112 valence electrons. The number of halogens is 2. The molecule has 2 nitrogen and oxygen atoms in total. The first kappa shape index (κ1) is 16.2. The van der Waals surface area contributed by atoms with Gasteiger partial charge in [-0.3, -0.25) is 0 Å². The van der Waals surface area contributed by atoms with E-state index in [0.29, 0.717) is 5.02 Å². The van der Waals surface area contributed by atoms with Gasteiger partial charge in [-0.1, -0.05) is 45.7 Å². The molecule has 0 aliphatic heterocycles. The average molecular weight is 370 g/mol. The highest BCUT2D eigenvalue weighted by Gasteiger charge is 2.15. The first-order valence-corrected chi connectivity index (χ1v) is 8.04. The Morgan fingerprint density at radius 2 is 1.81 bits per heavy atom. The van der Waals surface area contributed by atoms with E-state index in [4.69, 9.17) is 21.1 Å². The van der Waals surface area contributed by atoms with Gasteiger partial charge in [-0.25, -0.2) is 0 Å². The summed E-state index contributed by atoms with van der Waals surface area (Å²) < 4.78 is 10.9. The highest BCUT2D eigenvalue weighted by atomic mass is 79.9. The van der Waals surface area contributed by atoms with E-state index in [1.54, 1.807) is 7.11 Å². The predicted octanol–water partition coefficient (Wildman–Crippen LogP) is 5.62. The van der Waals surface area contributed by atoms with E-state index in [1.807, 2.05) is 56.3 Å². The predicted molar refractivity (Wildman–Crippen MR) is 91.0 cm³/mol. The second-order valence-electron chi connectivity index (χ2n) is 4.99. The summed E-state index contributed by atoms with van der Waals surface area (Å²) in [6, 6.07) is 13.7. The van der Waals surface area contributed by atoms with Crippen LogP contribution in [0.2, 0.25) is 5.02 Å². The smallest absolute Gasteiger partial charge is 0.120 e. The Balaban J connectivity index is 2.29. The summed E-state index contributed by atoms with van der Waals surface area (Å²) in [6.45, 7) is 4.03. The SMILES string of the molecule is COc1ccc(C(Br)c2cccc(OC(C)C)c2)c(Cl)c1. The largest absolute Gasteiger partial charge is 0.497 e. The molecule has 0 aromatic heterocycles. The second kappa shape index (κ2) is 7.19. The molecule has 0 amide bonds. The van der Waals surface area contributed by atoms with E-state index in [1.165, 1.54) is 0 Å². The van der Waals surface area contributed by atoms with Gasteiger partial charge in [0.15, 0.2) is 0 Å². The first-order valence-electron chi connectivity index (χ1n) is 6.75. The zero-order valence-corrected chi connectivity index (χ0v) is 14.6. The Labute approximate surface area is 139 Å². The number of benzene rings is 2. The fourth-order valence-electron chi connectivity index (χ4n) is 2.04. The van der Waals surface area contributed by atoms with Crippen LogP contribution in [0.5, 0.6) is 11.5 Å². The van der Waals surface area contributed by atoms with E-state index in [9.17, 15) is 0 Å². The molecule has 1 unspecified atom stereocenters. The normalized spacial score (nSPS) is 12.3. The molecule has 0 radical (unpaired) electrons. The van der Waals surface area contributed by atoms with Crippen molar-refractivity contribution >= 4 is 27.5 Å². The van der Waals surface area contributed by atoms with E-state index in [0.717, 1.165) is 22.6 Å². The topological polar surface area (TPSA) is 18.5 Å². The summed E-state index contributed by atoms with van der Waals surface area (Å²) in [7, 11) is 1.63. The number of hydrogen-bond donors (Lipinski definition) is 0. The van der Waals surface area contributed by atoms with Gasteiger partial charge < -0.3 is 9.47 Å².